The largest absolute Gasteiger partial charge is 0.505 e. The summed E-state index contributed by atoms with van der Waals surface area (Å²) >= 11 is 0. The highest BCUT2D eigenvalue weighted by atomic mass is 16.4. The summed E-state index contributed by atoms with van der Waals surface area (Å²) in [5.41, 5.74) is 3.82. The fourth-order valence-corrected chi connectivity index (χ4v) is 4.19. The first-order valence-corrected chi connectivity index (χ1v) is 9.38. The maximum atomic E-state index is 12.0. The van der Waals surface area contributed by atoms with Gasteiger partial charge in [-0.2, -0.15) is 0 Å². The number of benzene rings is 2. The number of hydrogen-bond acceptors (Lipinski definition) is 3. The second kappa shape index (κ2) is 6.38. The Morgan fingerprint density at radius 3 is 2.44 bits per heavy atom. The Balaban J connectivity index is 2.07. The highest BCUT2D eigenvalue weighted by Gasteiger charge is 2.32. The van der Waals surface area contributed by atoms with Gasteiger partial charge in [-0.1, -0.05) is 56.3 Å². The van der Waals surface area contributed by atoms with E-state index in [1.54, 1.807) is 6.07 Å². The molecule has 138 valence electrons. The van der Waals surface area contributed by atoms with Gasteiger partial charge in [0, 0.05) is 10.8 Å². The Bertz CT molecular complexity index is 1040. The van der Waals surface area contributed by atoms with Crippen molar-refractivity contribution in [2.45, 2.75) is 44.9 Å². The third-order valence-corrected chi connectivity index (χ3v) is 5.76. The van der Waals surface area contributed by atoms with Gasteiger partial charge in [-0.05, 0) is 42.4 Å². The van der Waals surface area contributed by atoms with E-state index in [-0.39, 0.29) is 11.3 Å². The number of pyridine rings is 1. The smallest absolute Gasteiger partial charge is 0.340 e. The van der Waals surface area contributed by atoms with E-state index in [0.717, 1.165) is 42.3 Å². The Hall–Kier alpha value is -2.88. The normalized spacial score (nSPS) is 14.1. The second-order valence-electron chi connectivity index (χ2n) is 7.79. The summed E-state index contributed by atoms with van der Waals surface area (Å²) < 4.78 is 0. The number of carbonyl (C=O) groups is 1. The predicted octanol–water partition coefficient (Wildman–Crippen LogP) is 4.84. The maximum absolute atomic E-state index is 12.0. The van der Waals surface area contributed by atoms with Gasteiger partial charge in [0.2, 0.25) is 0 Å². The van der Waals surface area contributed by atoms with Gasteiger partial charge in [0.25, 0.3) is 0 Å². The number of nitrogens with zero attached hydrogens (tertiary/aromatic N) is 1. The minimum Gasteiger partial charge on any atom is -0.505 e. The lowest BCUT2D eigenvalue weighted by Crippen LogP contribution is -2.22. The molecule has 4 heteroatoms. The van der Waals surface area contributed by atoms with Gasteiger partial charge >= 0.3 is 5.97 Å². The Morgan fingerprint density at radius 1 is 1.04 bits per heavy atom. The predicted molar refractivity (Wildman–Crippen MR) is 106 cm³/mol. The summed E-state index contributed by atoms with van der Waals surface area (Å²) in [7, 11) is 0. The van der Waals surface area contributed by atoms with E-state index in [0.29, 0.717) is 11.1 Å². The lowest BCUT2D eigenvalue weighted by Gasteiger charge is -2.28. The van der Waals surface area contributed by atoms with Crippen molar-refractivity contribution in [1.82, 2.24) is 4.98 Å². The number of hydrogen-bond donors (Lipinski definition) is 2. The van der Waals surface area contributed by atoms with Crippen LogP contribution in [0.2, 0.25) is 0 Å². The van der Waals surface area contributed by atoms with E-state index in [9.17, 15) is 15.0 Å². The SMILES string of the molecule is CC(C)(c1ccccc1)c1nc2c3c(ccc2c(C(=O)O)c1O)CCCC3. The molecule has 2 aromatic carbocycles. The van der Waals surface area contributed by atoms with Gasteiger partial charge in [0.1, 0.15) is 5.56 Å². The monoisotopic (exact) mass is 361 g/mol. The van der Waals surface area contributed by atoms with E-state index in [4.69, 9.17) is 4.98 Å². The van der Waals surface area contributed by atoms with Crippen LogP contribution in [0.15, 0.2) is 42.5 Å². The first-order valence-electron chi connectivity index (χ1n) is 9.38. The van der Waals surface area contributed by atoms with E-state index >= 15 is 0 Å². The van der Waals surface area contributed by atoms with Gasteiger partial charge in [-0.3, -0.25) is 0 Å². The third-order valence-electron chi connectivity index (χ3n) is 5.76. The molecule has 1 aromatic heterocycles. The molecule has 0 amide bonds. The number of aryl methyl sites for hydroxylation is 2. The van der Waals surface area contributed by atoms with Crippen LogP contribution in [0.1, 0.15) is 59.4 Å². The lowest BCUT2D eigenvalue weighted by molar-refractivity contribution is 0.0695. The van der Waals surface area contributed by atoms with Crippen LogP contribution in [0.5, 0.6) is 5.75 Å². The highest BCUT2D eigenvalue weighted by molar-refractivity contribution is 6.06. The zero-order valence-corrected chi connectivity index (χ0v) is 15.6. The fourth-order valence-electron chi connectivity index (χ4n) is 4.19. The summed E-state index contributed by atoms with van der Waals surface area (Å²) in [6.45, 7) is 3.94. The molecule has 27 heavy (non-hydrogen) atoms. The average Bonchev–Trinajstić information content (AvgIpc) is 2.67. The summed E-state index contributed by atoms with van der Waals surface area (Å²) in [6, 6.07) is 13.6. The quantitative estimate of drug-likeness (QED) is 0.700. The van der Waals surface area contributed by atoms with Crippen molar-refractivity contribution in [3.8, 4) is 5.75 Å². The van der Waals surface area contributed by atoms with Gasteiger partial charge < -0.3 is 10.2 Å². The summed E-state index contributed by atoms with van der Waals surface area (Å²) in [6.07, 6.45) is 4.11. The van der Waals surface area contributed by atoms with Crippen LogP contribution in [0.4, 0.5) is 0 Å². The molecule has 0 aliphatic heterocycles. The van der Waals surface area contributed by atoms with Crippen molar-refractivity contribution in [3.05, 3.63) is 70.4 Å². The molecule has 0 fully saturated rings. The number of aromatic nitrogens is 1. The molecule has 0 bridgehead atoms. The van der Waals surface area contributed by atoms with E-state index in [1.165, 1.54) is 5.56 Å². The molecule has 0 spiro atoms. The Kier molecular flexibility index (Phi) is 4.14. The highest BCUT2D eigenvalue weighted by Crippen LogP contribution is 2.41. The maximum Gasteiger partial charge on any atom is 0.340 e. The number of fused-ring (bicyclic) bond motifs is 3. The van der Waals surface area contributed by atoms with Crippen LogP contribution >= 0.6 is 0 Å². The van der Waals surface area contributed by atoms with E-state index in [2.05, 4.69) is 0 Å². The molecule has 0 unspecified atom stereocenters. The van der Waals surface area contributed by atoms with Crippen molar-refractivity contribution < 1.29 is 15.0 Å². The number of aromatic carboxylic acids is 1. The molecule has 4 nitrogen and oxygen atoms in total. The van der Waals surface area contributed by atoms with Crippen molar-refractivity contribution in [2.24, 2.45) is 0 Å². The van der Waals surface area contributed by atoms with Crippen LogP contribution in [0.3, 0.4) is 0 Å². The van der Waals surface area contributed by atoms with Crippen LogP contribution in [0.25, 0.3) is 10.9 Å². The number of aromatic hydroxyl groups is 1. The standard InChI is InChI=1S/C23H23NO3/c1-23(2,15-9-4-3-5-10-15)21-20(25)18(22(26)27)17-13-12-14-8-6-7-11-16(14)19(17)24-21/h3-5,9-10,12-13,25H,6-8,11H2,1-2H3,(H,26,27). The van der Waals surface area contributed by atoms with Gasteiger partial charge in [0.15, 0.2) is 5.75 Å². The first-order chi connectivity index (χ1) is 12.9. The van der Waals surface area contributed by atoms with Crippen molar-refractivity contribution in [2.75, 3.05) is 0 Å². The molecule has 0 radical (unpaired) electrons. The summed E-state index contributed by atoms with van der Waals surface area (Å²) in [4.78, 5) is 16.9. The third kappa shape index (κ3) is 2.76. The molecule has 2 N–H and O–H groups in total. The molecule has 3 aromatic rings. The lowest BCUT2D eigenvalue weighted by atomic mass is 9.79. The molecule has 0 atom stereocenters. The molecule has 1 heterocycles. The van der Waals surface area contributed by atoms with Gasteiger partial charge in [0.05, 0.1) is 11.2 Å². The minimum atomic E-state index is -1.12. The number of carboxylic acid groups (broad SMARTS) is 1. The summed E-state index contributed by atoms with van der Waals surface area (Å²) in [5, 5.41) is 21.3. The second-order valence-corrected chi connectivity index (χ2v) is 7.79. The fraction of sp³-hybridized carbons (Fsp3) is 0.304. The van der Waals surface area contributed by atoms with Crippen LogP contribution in [-0.4, -0.2) is 21.2 Å². The number of carboxylic acids is 1. The van der Waals surface area contributed by atoms with Crippen LogP contribution < -0.4 is 0 Å². The molecular weight excluding hydrogens is 338 g/mol. The zero-order chi connectivity index (χ0) is 19.2. The first kappa shape index (κ1) is 17.5. The zero-order valence-electron chi connectivity index (χ0n) is 15.6. The van der Waals surface area contributed by atoms with E-state index in [1.807, 2.05) is 50.2 Å². The molecule has 1 aliphatic carbocycles. The van der Waals surface area contributed by atoms with Gasteiger partial charge in [-0.25, -0.2) is 9.78 Å². The minimum absolute atomic E-state index is 0.0487. The average molecular weight is 361 g/mol. The van der Waals surface area contributed by atoms with Crippen molar-refractivity contribution in [1.29, 1.82) is 0 Å². The molecule has 4 rings (SSSR count). The molecule has 1 aliphatic rings. The van der Waals surface area contributed by atoms with Crippen molar-refractivity contribution in [3.63, 3.8) is 0 Å². The Morgan fingerprint density at radius 2 is 1.74 bits per heavy atom. The molecular formula is C23H23NO3. The van der Waals surface area contributed by atoms with Gasteiger partial charge in [-0.15, -0.1) is 0 Å². The topological polar surface area (TPSA) is 70.4 Å². The number of rotatable bonds is 3. The molecule has 0 saturated heterocycles. The molecule has 0 saturated carbocycles. The van der Waals surface area contributed by atoms with E-state index < -0.39 is 11.4 Å². The van der Waals surface area contributed by atoms with Crippen LogP contribution in [-0.2, 0) is 18.3 Å². The Labute approximate surface area is 158 Å². The summed E-state index contributed by atoms with van der Waals surface area (Å²) in [5.74, 6) is -1.36. The van der Waals surface area contributed by atoms with Crippen LogP contribution in [0, 0.1) is 0 Å². The van der Waals surface area contributed by atoms with Crippen molar-refractivity contribution >= 4 is 16.9 Å².